The Morgan fingerprint density at radius 1 is 1.00 bits per heavy atom. The molecule has 0 saturated carbocycles. The number of ether oxygens (including phenoxy) is 3. The molecule has 160 valence electrons. The summed E-state index contributed by atoms with van der Waals surface area (Å²) in [5.41, 5.74) is 1.35. The summed E-state index contributed by atoms with van der Waals surface area (Å²) in [7, 11) is 3.22. The molecule has 1 atom stereocenters. The molecule has 1 saturated heterocycles. The summed E-state index contributed by atoms with van der Waals surface area (Å²) in [5.74, 6) is 0.691. The highest BCUT2D eigenvalue weighted by Crippen LogP contribution is 2.39. The number of nitrogens with zero attached hydrogens (tertiary/aromatic N) is 1. The second-order valence-corrected chi connectivity index (χ2v) is 7.46. The first-order valence-electron chi connectivity index (χ1n) is 10.3. The van der Waals surface area contributed by atoms with E-state index in [9.17, 15) is 9.59 Å². The number of rotatable bonds is 6. The lowest BCUT2D eigenvalue weighted by Gasteiger charge is -2.26. The number of fused-ring (bicyclic) bond motifs is 1. The van der Waals surface area contributed by atoms with Crippen LogP contribution >= 0.6 is 0 Å². The summed E-state index contributed by atoms with van der Waals surface area (Å²) in [5, 5.41) is 1.76. The van der Waals surface area contributed by atoms with Gasteiger partial charge in [-0.15, -0.1) is 0 Å². The van der Waals surface area contributed by atoms with Crippen LogP contribution in [0.1, 0.15) is 34.8 Å². The SMILES string of the molecule is COc1ccc(OC)c([C@H]2CCCN2C(=O)COC(=O)c2cccc3ccccc23)c1. The summed E-state index contributed by atoms with van der Waals surface area (Å²) in [6.07, 6.45) is 1.68. The van der Waals surface area contributed by atoms with Crippen LogP contribution in [0.3, 0.4) is 0 Å². The summed E-state index contributed by atoms with van der Waals surface area (Å²) >= 11 is 0. The van der Waals surface area contributed by atoms with Gasteiger partial charge in [0.2, 0.25) is 0 Å². The Kier molecular flexibility index (Phi) is 6.07. The smallest absolute Gasteiger partial charge is 0.339 e. The maximum atomic E-state index is 13.0. The highest BCUT2D eigenvalue weighted by molar-refractivity contribution is 6.04. The first-order chi connectivity index (χ1) is 15.1. The molecule has 3 aromatic rings. The molecule has 1 aliphatic heterocycles. The minimum Gasteiger partial charge on any atom is -0.497 e. The highest BCUT2D eigenvalue weighted by Gasteiger charge is 2.32. The molecule has 0 bridgehead atoms. The number of esters is 1. The van der Waals surface area contributed by atoms with Crippen LogP contribution in [-0.2, 0) is 9.53 Å². The van der Waals surface area contributed by atoms with Crippen molar-refractivity contribution in [1.29, 1.82) is 0 Å². The Balaban J connectivity index is 1.49. The number of hydrogen-bond donors (Lipinski definition) is 0. The number of methoxy groups -OCH3 is 2. The van der Waals surface area contributed by atoms with Crippen LogP contribution in [0.25, 0.3) is 10.8 Å². The second-order valence-electron chi connectivity index (χ2n) is 7.46. The summed E-state index contributed by atoms with van der Waals surface area (Å²) in [4.78, 5) is 27.4. The fourth-order valence-electron chi connectivity index (χ4n) is 4.18. The molecule has 1 fully saturated rings. The molecular weight excluding hydrogens is 394 g/mol. The molecule has 1 aliphatic rings. The molecule has 4 rings (SSSR count). The van der Waals surface area contributed by atoms with Crippen molar-refractivity contribution in [3.8, 4) is 11.5 Å². The third kappa shape index (κ3) is 4.19. The number of carbonyl (C=O) groups excluding carboxylic acids is 2. The fraction of sp³-hybridized carbons (Fsp3) is 0.280. The molecule has 3 aromatic carbocycles. The van der Waals surface area contributed by atoms with Gasteiger partial charge >= 0.3 is 5.97 Å². The molecule has 31 heavy (non-hydrogen) atoms. The zero-order chi connectivity index (χ0) is 21.8. The molecule has 0 aromatic heterocycles. The number of benzene rings is 3. The average Bonchev–Trinajstić information content (AvgIpc) is 3.31. The van der Waals surface area contributed by atoms with Gasteiger partial charge in [-0.25, -0.2) is 4.79 Å². The van der Waals surface area contributed by atoms with Crippen LogP contribution in [0.5, 0.6) is 11.5 Å². The monoisotopic (exact) mass is 419 g/mol. The van der Waals surface area contributed by atoms with Crippen molar-refractivity contribution in [1.82, 2.24) is 4.90 Å². The fourth-order valence-corrected chi connectivity index (χ4v) is 4.18. The quantitative estimate of drug-likeness (QED) is 0.555. The lowest BCUT2D eigenvalue weighted by Crippen LogP contribution is -2.34. The first-order valence-corrected chi connectivity index (χ1v) is 10.3. The van der Waals surface area contributed by atoms with Crippen LogP contribution in [0.4, 0.5) is 0 Å². The predicted molar refractivity (Wildman–Crippen MR) is 117 cm³/mol. The Bertz CT molecular complexity index is 1100. The number of amides is 1. The third-order valence-corrected chi connectivity index (χ3v) is 5.71. The Morgan fingerprint density at radius 2 is 1.81 bits per heavy atom. The van der Waals surface area contributed by atoms with Crippen molar-refractivity contribution < 1.29 is 23.8 Å². The van der Waals surface area contributed by atoms with Gasteiger partial charge in [-0.3, -0.25) is 4.79 Å². The molecule has 1 heterocycles. The summed E-state index contributed by atoms with van der Waals surface area (Å²) in [6.45, 7) is 0.306. The van der Waals surface area contributed by atoms with E-state index in [1.54, 1.807) is 25.2 Å². The highest BCUT2D eigenvalue weighted by atomic mass is 16.5. The molecule has 6 heteroatoms. The normalized spacial score (nSPS) is 15.7. The van der Waals surface area contributed by atoms with E-state index in [0.29, 0.717) is 23.6 Å². The van der Waals surface area contributed by atoms with Crippen molar-refractivity contribution in [2.45, 2.75) is 18.9 Å². The minimum absolute atomic E-state index is 0.145. The standard InChI is InChI=1S/C25H25NO5/c1-29-18-12-13-23(30-2)21(15-18)22-11-6-14-26(22)24(27)16-31-25(28)20-10-5-8-17-7-3-4-9-19(17)20/h3-5,7-10,12-13,15,22H,6,11,14,16H2,1-2H3/t22-/m1/s1. The van der Waals surface area contributed by atoms with Gasteiger partial charge in [0.25, 0.3) is 5.91 Å². The van der Waals surface area contributed by atoms with Crippen molar-refractivity contribution in [3.63, 3.8) is 0 Å². The van der Waals surface area contributed by atoms with E-state index in [2.05, 4.69) is 0 Å². The average molecular weight is 419 g/mol. The van der Waals surface area contributed by atoms with Gasteiger partial charge in [-0.1, -0.05) is 36.4 Å². The Labute approximate surface area is 181 Å². The summed E-state index contributed by atoms with van der Waals surface area (Å²) in [6, 6.07) is 18.5. The molecule has 0 N–H and O–H groups in total. The van der Waals surface area contributed by atoms with Crippen molar-refractivity contribution >= 4 is 22.6 Å². The zero-order valence-electron chi connectivity index (χ0n) is 17.7. The molecule has 0 aliphatic carbocycles. The van der Waals surface area contributed by atoms with E-state index in [-0.39, 0.29) is 18.6 Å². The van der Waals surface area contributed by atoms with E-state index < -0.39 is 5.97 Å². The van der Waals surface area contributed by atoms with E-state index in [1.165, 1.54) is 0 Å². The Morgan fingerprint density at radius 3 is 2.61 bits per heavy atom. The third-order valence-electron chi connectivity index (χ3n) is 5.71. The largest absolute Gasteiger partial charge is 0.497 e. The van der Waals surface area contributed by atoms with Gasteiger partial charge in [0, 0.05) is 12.1 Å². The van der Waals surface area contributed by atoms with Crippen molar-refractivity contribution in [3.05, 3.63) is 71.8 Å². The second kappa shape index (κ2) is 9.08. The van der Waals surface area contributed by atoms with Crippen molar-refractivity contribution in [2.75, 3.05) is 27.4 Å². The molecule has 1 amide bonds. The van der Waals surface area contributed by atoms with Gasteiger partial charge in [-0.05, 0) is 47.9 Å². The van der Waals surface area contributed by atoms with Gasteiger partial charge in [0.1, 0.15) is 11.5 Å². The van der Waals surface area contributed by atoms with Gasteiger partial charge in [0.15, 0.2) is 6.61 Å². The van der Waals surface area contributed by atoms with Crippen LogP contribution < -0.4 is 9.47 Å². The number of hydrogen-bond acceptors (Lipinski definition) is 5. The topological polar surface area (TPSA) is 65.1 Å². The van der Waals surface area contributed by atoms with Crippen molar-refractivity contribution in [2.24, 2.45) is 0 Å². The van der Waals surface area contributed by atoms with E-state index in [0.717, 1.165) is 29.2 Å². The zero-order valence-corrected chi connectivity index (χ0v) is 17.7. The number of carbonyl (C=O) groups is 2. The lowest BCUT2D eigenvalue weighted by molar-refractivity contribution is -0.135. The maximum Gasteiger partial charge on any atom is 0.339 e. The van der Waals surface area contributed by atoms with Crippen LogP contribution in [0.15, 0.2) is 60.7 Å². The van der Waals surface area contributed by atoms with E-state index in [4.69, 9.17) is 14.2 Å². The molecule has 0 unspecified atom stereocenters. The first kappa shape index (κ1) is 20.7. The van der Waals surface area contributed by atoms with Gasteiger partial charge in [0.05, 0.1) is 25.8 Å². The van der Waals surface area contributed by atoms with Gasteiger partial charge < -0.3 is 19.1 Å². The molecule has 0 radical (unpaired) electrons. The maximum absolute atomic E-state index is 13.0. The molecule has 0 spiro atoms. The lowest BCUT2D eigenvalue weighted by atomic mass is 10.0. The predicted octanol–water partition coefficient (Wildman–Crippen LogP) is 4.38. The molecule has 6 nitrogen and oxygen atoms in total. The van der Waals surface area contributed by atoms with Crippen LogP contribution in [0, 0.1) is 0 Å². The van der Waals surface area contributed by atoms with Gasteiger partial charge in [-0.2, -0.15) is 0 Å². The van der Waals surface area contributed by atoms with E-state index >= 15 is 0 Å². The van der Waals surface area contributed by atoms with Crippen LogP contribution in [-0.4, -0.2) is 44.1 Å². The van der Waals surface area contributed by atoms with E-state index in [1.807, 2.05) is 54.6 Å². The summed E-state index contributed by atoms with van der Waals surface area (Å²) < 4.78 is 16.3. The Hall–Kier alpha value is -3.54. The minimum atomic E-state index is -0.500. The van der Waals surface area contributed by atoms with Crippen LogP contribution in [0.2, 0.25) is 0 Å². The number of likely N-dealkylation sites (tertiary alicyclic amines) is 1. The molecular formula is C25H25NO5.